The topological polar surface area (TPSA) is 41.3 Å². The Morgan fingerprint density at radius 1 is 1.43 bits per heavy atom. The first kappa shape index (κ1) is 14.4. The Labute approximate surface area is 130 Å². The maximum atomic E-state index is 6.26. The van der Waals surface area contributed by atoms with E-state index in [1.54, 1.807) is 6.26 Å². The molecule has 1 aliphatic carbocycles. The van der Waals surface area contributed by atoms with Crippen molar-refractivity contribution in [1.82, 2.24) is 10.3 Å². The maximum Gasteiger partial charge on any atom is 0.297 e. The van der Waals surface area contributed by atoms with E-state index in [4.69, 9.17) is 16.0 Å². The van der Waals surface area contributed by atoms with Gasteiger partial charge < -0.3 is 14.6 Å². The molecule has 0 spiro atoms. The van der Waals surface area contributed by atoms with Gasteiger partial charge in [0, 0.05) is 24.7 Å². The largest absolute Gasteiger partial charge is 0.432 e. The van der Waals surface area contributed by atoms with E-state index in [9.17, 15) is 0 Å². The molecule has 0 bridgehead atoms. The summed E-state index contributed by atoms with van der Waals surface area (Å²) in [5.41, 5.74) is 2.01. The molecule has 1 unspecified atom stereocenters. The van der Waals surface area contributed by atoms with Gasteiger partial charge in [-0.2, -0.15) is 4.98 Å². The maximum absolute atomic E-state index is 6.26. The van der Waals surface area contributed by atoms with Crippen LogP contribution in [0.1, 0.15) is 37.1 Å². The summed E-state index contributed by atoms with van der Waals surface area (Å²) in [5, 5.41) is 4.20. The summed E-state index contributed by atoms with van der Waals surface area (Å²) in [7, 11) is 1.97. The third kappa shape index (κ3) is 3.39. The van der Waals surface area contributed by atoms with Crippen molar-refractivity contribution in [2.24, 2.45) is 0 Å². The Hall–Kier alpha value is -1.52. The standard InChI is InChI=1S/C16H20ClN3O/c1-11(14-5-3-4-6-15(14)17)20(2)16-19-13(10-21-16)9-18-12-7-8-12/h3-6,10-12,18H,7-9H2,1-2H3. The lowest BCUT2D eigenvalue weighted by atomic mass is 10.1. The molecule has 0 radical (unpaired) electrons. The number of rotatable bonds is 6. The van der Waals surface area contributed by atoms with Crippen LogP contribution in [0.15, 0.2) is 34.9 Å². The van der Waals surface area contributed by atoms with Crippen molar-refractivity contribution < 1.29 is 4.42 Å². The quantitative estimate of drug-likeness (QED) is 0.882. The average molecular weight is 306 g/mol. The van der Waals surface area contributed by atoms with Gasteiger partial charge in [0.1, 0.15) is 6.26 Å². The lowest BCUT2D eigenvalue weighted by molar-refractivity contribution is 0.525. The van der Waals surface area contributed by atoms with Crippen LogP contribution in [0.5, 0.6) is 0 Å². The summed E-state index contributed by atoms with van der Waals surface area (Å²) in [6.07, 6.45) is 4.27. The Bertz CT molecular complexity index is 609. The van der Waals surface area contributed by atoms with Crippen LogP contribution >= 0.6 is 11.6 Å². The molecule has 2 aromatic rings. The van der Waals surface area contributed by atoms with Crippen molar-refractivity contribution in [3.8, 4) is 0 Å². The highest BCUT2D eigenvalue weighted by Gasteiger charge is 2.22. The van der Waals surface area contributed by atoms with Crippen LogP contribution in [0.3, 0.4) is 0 Å². The fourth-order valence-electron chi connectivity index (χ4n) is 2.26. The zero-order valence-electron chi connectivity index (χ0n) is 12.3. The first-order valence-corrected chi connectivity index (χ1v) is 7.68. The number of nitrogens with one attached hydrogen (secondary N) is 1. The van der Waals surface area contributed by atoms with Gasteiger partial charge in [-0.25, -0.2) is 0 Å². The Morgan fingerprint density at radius 2 is 2.19 bits per heavy atom. The minimum absolute atomic E-state index is 0.0987. The second-order valence-corrected chi connectivity index (χ2v) is 5.99. The minimum Gasteiger partial charge on any atom is -0.432 e. The molecule has 1 saturated carbocycles. The van der Waals surface area contributed by atoms with Crippen molar-refractivity contribution in [2.45, 2.75) is 38.4 Å². The van der Waals surface area contributed by atoms with Gasteiger partial charge in [-0.15, -0.1) is 0 Å². The molecule has 1 aromatic carbocycles. The van der Waals surface area contributed by atoms with Crippen LogP contribution < -0.4 is 10.2 Å². The van der Waals surface area contributed by atoms with Crippen LogP contribution in [0.25, 0.3) is 0 Å². The van der Waals surface area contributed by atoms with E-state index in [0.29, 0.717) is 12.1 Å². The molecule has 1 fully saturated rings. The molecule has 0 saturated heterocycles. The number of benzene rings is 1. The van der Waals surface area contributed by atoms with Gasteiger partial charge in [0.05, 0.1) is 11.7 Å². The van der Waals surface area contributed by atoms with Crippen LogP contribution in [0.2, 0.25) is 5.02 Å². The second kappa shape index (κ2) is 6.08. The van der Waals surface area contributed by atoms with Gasteiger partial charge in [-0.3, -0.25) is 0 Å². The van der Waals surface area contributed by atoms with Gasteiger partial charge >= 0.3 is 0 Å². The van der Waals surface area contributed by atoms with Gasteiger partial charge in [0.2, 0.25) is 0 Å². The number of oxazole rings is 1. The van der Waals surface area contributed by atoms with E-state index in [-0.39, 0.29) is 6.04 Å². The molecule has 1 N–H and O–H groups in total. The molecule has 5 heteroatoms. The summed E-state index contributed by atoms with van der Waals surface area (Å²) >= 11 is 6.26. The van der Waals surface area contributed by atoms with Crippen molar-refractivity contribution in [2.75, 3.05) is 11.9 Å². The number of halogens is 1. The number of hydrogen-bond acceptors (Lipinski definition) is 4. The molecule has 0 aliphatic heterocycles. The molecule has 0 amide bonds. The van der Waals surface area contributed by atoms with Crippen LogP contribution in [0.4, 0.5) is 6.01 Å². The third-order valence-electron chi connectivity index (χ3n) is 3.93. The van der Waals surface area contributed by atoms with E-state index in [2.05, 4.69) is 17.2 Å². The predicted molar refractivity (Wildman–Crippen MR) is 84.6 cm³/mol. The minimum atomic E-state index is 0.0987. The Kier molecular flexibility index (Phi) is 4.17. The molecule has 1 heterocycles. The van der Waals surface area contributed by atoms with Crippen molar-refractivity contribution in [1.29, 1.82) is 0 Å². The smallest absolute Gasteiger partial charge is 0.297 e. The van der Waals surface area contributed by atoms with Gasteiger partial charge in [-0.05, 0) is 31.4 Å². The van der Waals surface area contributed by atoms with E-state index in [0.717, 1.165) is 22.8 Å². The first-order chi connectivity index (χ1) is 10.1. The van der Waals surface area contributed by atoms with E-state index >= 15 is 0 Å². The average Bonchev–Trinajstić information content (AvgIpc) is 3.21. The number of aromatic nitrogens is 1. The zero-order valence-corrected chi connectivity index (χ0v) is 13.1. The molecule has 3 rings (SSSR count). The second-order valence-electron chi connectivity index (χ2n) is 5.58. The zero-order chi connectivity index (χ0) is 14.8. The van der Waals surface area contributed by atoms with E-state index < -0.39 is 0 Å². The lowest BCUT2D eigenvalue weighted by Crippen LogP contribution is -2.22. The summed E-state index contributed by atoms with van der Waals surface area (Å²) in [6.45, 7) is 2.86. The fourth-order valence-corrected chi connectivity index (χ4v) is 2.56. The Morgan fingerprint density at radius 3 is 2.90 bits per heavy atom. The molecule has 1 aliphatic rings. The number of nitrogens with zero attached hydrogens (tertiary/aromatic N) is 2. The summed E-state index contributed by atoms with van der Waals surface area (Å²) in [6, 6.07) is 9.25. The highest BCUT2D eigenvalue weighted by Crippen LogP contribution is 2.29. The molecular formula is C16H20ClN3O. The SMILES string of the molecule is CC(c1ccccc1Cl)N(C)c1nc(CNC2CC2)co1. The molecule has 1 atom stereocenters. The van der Waals surface area contributed by atoms with Crippen LogP contribution in [-0.2, 0) is 6.54 Å². The normalized spacial score (nSPS) is 16.0. The van der Waals surface area contributed by atoms with Crippen molar-refractivity contribution in [3.63, 3.8) is 0 Å². The predicted octanol–water partition coefficient (Wildman–Crippen LogP) is 3.78. The monoisotopic (exact) mass is 305 g/mol. The molecular weight excluding hydrogens is 286 g/mol. The van der Waals surface area contributed by atoms with Gasteiger partial charge in [-0.1, -0.05) is 29.8 Å². The number of hydrogen-bond donors (Lipinski definition) is 1. The van der Waals surface area contributed by atoms with Gasteiger partial charge in [0.25, 0.3) is 6.01 Å². The summed E-state index contributed by atoms with van der Waals surface area (Å²) in [5.74, 6) is 0. The highest BCUT2D eigenvalue weighted by atomic mass is 35.5. The summed E-state index contributed by atoms with van der Waals surface area (Å²) < 4.78 is 5.59. The van der Waals surface area contributed by atoms with E-state index in [1.165, 1.54) is 12.8 Å². The third-order valence-corrected chi connectivity index (χ3v) is 4.27. The molecule has 112 valence electrons. The molecule has 21 heavy (non-hydrogen) atoms. The van der Waals surface area contributed by atoms with Crippen molar-refractivity contribution >= 4 is 17.6 Å². The van der Waals surface area contributed by atoms with Crippen molar-refractivity contribution in [3.05, 3.63) is 46.8 Å². The Balaban J connectivity index is 1.69. The van der Waals surface area contributed by atoms with Crippen LogP contribution in [-0.4, -0.2) is 18.1 Å². The fraction of sp³-hybridized carbons (Fsp3) is 0.438. The highest BCUT2D eigenvalue weighted by molar-refractivity contribution is 6.31. The van der Waals surface area contributed by atoms with Crippen LogP contribution in [0, 0.1) is 0 Å². The lowest BCUT2D eigenvalue weighted by Gasteiger charge is -2.24. The number of anilines is 1. The van der Waals surface area contributed by atoms with Gasteiger partial charge in [0.15, 0.2) is 0 Å². The molecule has 4 nitrogen and oxygen atoms in total. The molecule has 1 aromatic heterocycles. The first-order valence-electron chi connectivity index (χ1n) is 7.30. The van der Waals surface area contributed by atoms with E-state index in [1.807, 2.05) is 36.2 Å². The summed E-state index contributed by atoms with van der Waals surface area (Å²) in [4.78, 5) is 6.54.